The zero-order chi connectivity index (χ0) is 42.1. The van der Waals surface area contributed by atoms with E-state index in [1.54, 1.807) is 0 Å². The van der Waals surface area contributed by atoms with Crippen LogP contribution >= 0.6 is 0 Å². The number of anilines is 8. The van der Waals surface area contributed by atoms with Crippen molar-refractivity contribution in [2.45, 2.75) is 44.9 Å². The van der Waals surface area contributed by atoms with Gasteiger partial charge in [-0.1, -0.05) is 147 Å². The maximum Gasteiger partial charge on any atom is 0.248 e. The summed E-state index contributed by atoms with van der Waals surface area (Å²) in [5.41, 5.74) is 22.6. The smallest absolute Gasteiger partial charge is 0.248 e. The third-order valence-electron chi connectivity index (χ3n) is 13.9. The summed E-state index contributed by atoms with van der Waals surface area (Å²) in [5.74, 6) is 0. The molecule has 4 aliphatic rings. The largest absolute Gasteiger partial charge is 0.311 e. The molecule has 8 aromatic carbocycles. The van der Waals surface area contributed by atoms with Crippen LogP contribution < -0.4 is 25.6 Å². The molecule has 302 valence electrons. The summed E-state index contributed by atoms with van der Waals surface area (Å²) in [5, 5.41) is 0. The van der Waals surface area contributed by atoms with Crippen LogP contribution in [0, 0.1) is 0 Å². The number of fused-ring (bicyclic) bond motifs is 5. The summed E-state index contributed by atoms with van der Waals surface area (Å²) < 4.78 is 0. The molecule has 4 heteroatoms. The van der Waals surface area contributed by atoms with Gasteiger partial charge >= 0.3 is 0 Å². The van der Waals surface area contributed by atoms with Crippen LogP contribution in [0.1, 0.15) is 56.2 Å². The topological polar surface area (TPSA) is 9.72 Å². The molecule has 0 amide bonds. The lowest BCUT2D eigenvalue weighted by Crippen LogP contribution is -2.57. The van der Waals surface area contributed by atoms with Gasteiger partial charge in [-0.2, -0.15) is 0 Å². The molecule has 63 heavy (non-hydrogen) atoms. The summed E-state index contributed by atoms with van der Waals surface area (Å²) in [6, 6.07) is 74.3. The number of hydrogen-bond acceptors (Lipinski definition) is 3. The Morgan fingerprint density at radius 3 is 1.81 bits per heavy atom. The maximum atomic E-state index is 2.65. The van der Waals surface area contributed by atoms with E-state index in [1.807, 2.05) is 0 Å². The molecular weight excluding hydrogens is 761 g/mol. The minimum Gasteiger partial charge on any atom is -0.311 e. The lowest BCUT2D eigenvalue weighted by Gasteiger charge is -2.46. The first kappa shape index (κ1) is 37.5. The van der Waals surface area contributed by atoms with Crippen LogP contribution in [0.15, 0.2) is 212 Å². The summed E-state index contributed by atoms with van der Waals surface area (Å²) in [7, 11) is 0. The van der Waals surface area contributed by atoms with Gasteiger partial charge in [-0.15, -0.1) is 0 Å². The van der Waals surface area contributed by atoms with Crippen LogP contribution in [0.2, 0.25) is 0 Å². The molecule has 2 aliphatic heterocycles. The van der Waals surface area contributed by atoms with Crippen LogP contribution in [0.5, 0.6) is 0 Å². The van der Waals surface area contributed by atoms with E-state index < -0.39 is 0 Å². The minimum atomic E-state index is -0.272. The lowest BCUT2D eigenvalue weighted by molar-refractivity contribution is 0.666. The number of nitrogens with zero attached hydrogens (tertiary/aromatic N) is 3. The molecule has 0 fully saturated rings. The van der Waals surface area contributed by atoms with Gasteiger partial charge in [0.15, 0.2) is 0 Å². The van der Waals surface area contributed by atoms with Crippen molar-refractivity contribution in [2.75, 3.05) is 14.7 Å². The number of para-hydroxylation sites is 3. The SMILES string of the molecule is CC1(C)C2=C(c3ccccc31)N(c1cccc(-c3ccccc3)c1)c1cc(C3=CCCCC3)cc3c1B2c1cc(N(c2ccccc2)c2ccccc2)ccc1N3c1ccccc1. The fourth-order valence-corrected chi connectivity index (χ4v) is 11.1. The summed E-state index contributed by atoms with van der Waals surface area (Å²) in [6.45, 7) is 4.91. The van der Waals surface area contributed by atoms with E-state index in [-0.39, 0.29) is 12.1 Å². The second-order valence-electron chi connectivity index (χ2n) is 17.9. The Bertz CT molecular complexity index is 3060. The van der Waals surface area contributed by atoms with Gasteiger partial charge in [0.05, 0.1) is 0 Å². The van der Waals surface area contributed by atoms with Gasteiger partial charge in [0.2, 0.25) is 6.71 Å². The Hall–Kier alpha value is -7.30. The van der Waals surface area contributed by atoms with Crippen LogP contribution in [0.25, 0.3) is 22.4 Å². The molecule has 0 radical (unpaired) electrons. The van der Waals surface area contributed by atoms with Crippen LogP contribution in [-0.4, -0.2) is 6.71 Å². The fraction of sp³-hybridized carbons (Fsp3) is 0.119. The van der Waals surface area contributed by atoms with E-state index in [1.165, 1.54) is 91.1 Å². The first-order valence-electron chi connectivity index (χ1n) is 22.6. The highest BCUT2D eigenvalue weighted by Gasteiger charge is 2.53. The Balaban J connectivity index is 1.19. The number of rotatable bonds is 7. The molecule has 8 aromatic rings. The van der Waals surface area contributed by atoms with Crippen molar-refractivity contribution in [3.63, 3.8) is 0 Å². The predicted molar refractivity (Wildman–Crippen MR) is 268 cm³/mol. The first-order valence-corrected chi connectivity index (χ1v) is 22.6. The molecule has 3 nitrogen and oxygen atoms in total. The zero-order valence-corrected chi connectivity index (χ0v) is 35.9. The van der Waals surface area contributed by atoms with E-state index in [0.29, 0.717) is 0 Å². The Kier molecular flexibility index (Phi) is 8.90. The van der Waals surface area contributed by atoms with Gasteiger partial charge in [0.1, 0.15) is 0 Å². The highest BCUT2D eigenvalue weighted by atomic mass is 15.2. The quantitative estimate of drug-likeness (QED) is 0.149. The molecular formula is C59H48BN3. The molecule has 0 spiro atoms. The normalized spacial score (nSPS) is 15.6. The number of benzene rings is 8. The molecule has 0 N–H and O–H groups in total. The van der Waals surface area contributed by atoms with Crippen molar-refractivity contribution >= 4 is 74.4 Å². The van der Waals surface area contributed by atoms with Gasteiger partial charge in [0, 0.05) is 62.2 Å². The average molecular weight is 810 g/mol. The minimum absolute atomic E-state index is 0.0151. The Labute approximate surface area is 372 Å². The van der Waals surface area contributed by atoms with Gasteiger partial charge in [-0.05, 0) is 143 Å². The Morgan fingerprint density at radius 1 is 0.492 bits per heavy atom. The lowest BCUT2D eigenvalue weighted by atomic mass is 9.30. The zero-order valence-electron chi connectivity index (χ0n) is 35.9. The maximum absolute atomic E-state index is 2.65. The van der Waals surface area contributed by atoms with E-state index in [4.69, 9.17) is 0 Å². The van der Waals surface area contributed by atoms with Gasteiger partial charge < -0.3 is 14.7 Å². The molecule has 0 unspecified atom stereocenters. The van der Waals surface area contributed by atoms with Gasteiger partial charge in [0.25, 0.3) is 0 Å². The van der Waals surface area contributed by atoms with Crippen LogP contribution in [0.4, 0.5) is 45.5 Å². The van der Waals surface area contributed by atoms with Crippen molar-refractivity contribution < 1.29 is 0 Å². The summed E-state index contributed by atoms with van der Waals surface area (Å²) in [4.78, 5) is 7.63. The molecule has 0 saturated carbocycles. The van der Waals surface area contributed by atoms with E-state index in [9.17, 15) is 0 Å². The van der Waals surface area contributed by atoms with Gasteiger partial charge in [-0.25, -0.2) is 0 Å². The second kappa shape index (κ2) is 15.0. The van der Waals surface area contributed by atoms with E-state index in [2.05, 4.69) is 235 Å². The summed E-state index contributed by atoms with van der Waals surface area (Å²) >= 11 is 0. The summed E-state index contributed by atoms with van der Waals surface area (Å²) in [6.07, 6.45) is 7.19. The predicted octanol–water partition coefficient (Wildman–Crippen LogP) is 14.6. The molecule has 0 atom stereocenters. The first-order chi connectivity index (χ1) is 31.0. The van der Waals surface area contributed by atoms with Crippen LogP contribution in [0.3, 0.4) is 0 Å². The van der Waals surface area contributed by atoms with Crippen LogP contribution in [-0.2, 0) is 5.41 Å². The highest BCUT2D eigenvalue weighted by Crippen LogP contribution is 2.57. The molecule has 0 aromatic heterocycles. The highest BCUT2D eigenvalue weighted by molar-refractivity contribution is 6.96. The van der Waals surface area contributed by atoms with Crippen molar-refractivity contribution in [3.05, 3.63) is 228 Å². The molecule has 2 aliphatic carbocycles. The Morgan fingerprint density at radius 2 is 1.11 bits per heavy atom. The van der Waals surface area contributed by atoms with Crippen molar-refractivity contribution in [1.29, 1.82) is 0 Å². The molecule has 2 heterocycles. The standard InChI is InChI=1S/C59H48BN3/c1-59(2)51-34-19-18-33-50(51)57-58(59)60-52-40-49(61(45-26-12-5-13-27-45)46-28-14-6-15-29-46)35-36-53(52)62(47-30-16-7-17-31-47)54-38-44(42-23-10-4-11-24-42)39-55(56(54)60)63(57)48-32-20-25-43(37-48)41-21-8-3-9-22-41/h3,5-9,12-23,25-40H,4,10-11,24H2,1-2H3. The van der Waals surface area contributed by atoms with Crippen molar-refractivity contribution in [1.82, 2.24) is 0 Å². The average Bonchev–Trinajstić information content (AvgIpc) is 3.58. The molecule has 0 saturated heterocycles. The monoisotopic (exact) mass is 809 g/mol. The third-order valence-corrected chi connectivity index (χ3v) is 13.9. The second-order valence-corrected chi connectivity index (χ2v) is 17.9. The van der Waals surface area contributed by atoms with E-state index >= 15 is 0 Å². The number of allylic oxidation sites excluding steroid dienone is 3. The van der Waals surface area contributed by atoms with E-state index in [0.717, 1.165) is 35.6 Å². The molecule has 12 rings (SSSR count). The molecule has 0 bridgehead atoms. The number of hydrogen-bond donors (Lipinski definition) is 0. The van der Waals surface area contributed by atoms with Crippen molar-refractivity contribution in [2.24, 2.45) is 0 Å². The fourth-order valence-electron chi connectivity index (χ4n) is 11.1. The third kappa shape index (κ3) is 6.03. The van der Waals surface area contributed by atoms with Gasteiger partial charge in [-0.3, -0.25) is 0 Å². The van der Waals surface area contributed by atoms with Crippen molar-refractivity contribution in [3.8, 4) is 11.1 Å².